The fourth-order valence-electron chi connectivity index (χ4n) is 3.76. The molecule has 4 rings (SSSR count). The Morgan fingerprint density at radius 3 is 2.47 bits per heavy atom. The number of amides is 2. The van der Waals surface area contributed by atoms with Crippen LogP contribution in [-0.4, -0.2) is 23.3 Å². The fourth-order valence-corrected chi connectivity index (χ4v) is 3.76. The highest BCUT2D eigenvalue weighted by molar-refractivity contribution is 6.00. The van der Waals surface area contributed by atoms with Crippen molar-refractivity contribution in [3.8, 4) is 0 Å². The van der Waals surface area contributed by atoms with Crippen molar-refractivity contribution < 1.29 is 22.8 Å². The molecule has 32 heavy (non-hydrogen) atoms. The van der Waals surface area contributed by atoms with Crippen LogP contribution in [0.5, 0.6) is 0 Å². The maximum absolute atomic E-state index is 13.1. The number of pyridine rings is 1. The van der Waals surface area contributed by atoms with Crippen LogP contribution in [0.25, 0.3) is 0 Å². The highest BCUT2D eigenvalue weighted by Crippen LogP contribution is 2.33. The Morgan fingerprint density at radius 1 is 1.03 bits per heavy atom. The number of alkyl halides is 3. The van der Waals surface area contributed by atoms with Gasteiger partial charge in [-0.05, 0) is 35.9 Å². The number of aromatic nitrogens is 1. The van der Waals surface area contributed by atoms with E-state index in [2.05, 4.69) is 10.3 Å². The summed E-state index contributed by atoms with van der Waals surface area (Å²) in [6.45, 7) is 0.00963. The number of rotatable bonds is 5. The minimum absolute atomic E-state index is 0.00963. The summed E-state index contributed by atoms with van der Waals surface area (Å²) in [5.74, 6) is -1.43. The standard InChI is InChI=1S/C24H20F3N3O2/c25-24(26,27)18-9-6-10-19(14-18)30-15-17(13-21(30)31)23(32)29-22(16-7-2-1-3-8-16)20-11-4-5-12-28-20/h1-12,14,17,22H,13,15H2,(H,29,32). The number of carbonyl (C=O) groups excluding carboxylic acids is 2. The molecule has 2 aromatic carbocycles. The first-order valence-electron chi connectivity index (χ1n) is 10.1. The molecule has 5 nitrogen and oxygen atoms in total. The van der Waals surface area contributed by atoms with E-state index >= 15 is 0 Å². The van der Waals surface area contributed by atoms with Gasteiger partial charge in [-0.15, -0.1) is 0 Å². The molecule has 1 aromatic heterocycles. The van der Waals surface area contributed by atoms with Gasteiger partial charge in [-0.2, -0.15) is 13.2 Å². The summed E-state index contributed by atoms with van der Waals surface area (Å²) in [5.41, 5.74) is 0.768. The molecule has 8 heteroatoms. The highest BCUT2D eigenvalue weighted by Gasteiger charge is 2.37. The van der Waals surface area contributed by atoms with Gasteiger partial charge in [0.2, 0.25) is 11.8 Å². The van der Waals surface area contributed by atoms with Crippen molar-refractivity contribution >= 4 is 17.5 Å². The normalized spacial score (nSPS) is 17.3. The maximum atomic E-state index is 13.1. The van der Waals surface area contributed by atoms with Crippen LogP contribution in [0.4, 0.5) is 18.9 Å². The van der Waals surface area contributed by atoms with Gasteiger partial charge in [-0.3, -0.25) is 14.6 Å². The van der Waals surface area contributed by atoms with E-state index in [1.807, 2.05) is 36.4 Å². The number of anilines is 1. The first kappa shape index (κ1) is 21.5. The lowest BCUT2D eigenvalue weighted by atomic mass is 10.0. The van der Waals surface area contributed by atoms with Crippen LogP contribution in [0, 0.1) is 5.92 Å². The molecule has 0 saturated carbocycles. The molecule has 1 aliphatic heterocycles. The van der Waals surface area contributed by atoms with Crippen molar-refractivity contribution in [3.05, 3.63) is 95.8 Å². The van der Waals surface area contributed by atoms with E-state index in [1.54, 1.807) is 18.3 Å². The summed E-state index contributed by atoms with van der Waals surface area (Å²) < 4.78 is 39.1. The quantitative estimate of drug-likeness (QED) is 0.643. The molecule has 1 N–H and O–H groups in total. The Balaban J connectivity index is 1.53. The third kappa shape index (κ3) is 4.64. The van der Waals surface area contributed by atoms with Gasteiger partial charge < -0.3 is 10.2 Å². The zero-order valence-corrected chi connectivity index (χ0v) is 16.9. The minimum Gasteiger partial charge on any atom is -0.343 e. The smallest absolute Gasteiger partial charge is 0.343 e. The third-order valence-corrected chi connectivity index (χ3v) is 5.38. The van der Waals surface area contributed by atoms with Crippen molar-refractivity contribution in [1.82, 2.24) is 10.3 Å². The number of hydrogen-bond donors (Lipinski definition) is 1. The van der Waals surface area contributed by atoms with E-state index in [0.29, 0.717) is 5.69 Å². The van der Waals surface area contributed by atoms with Crippen molar-refractivity contribution in [2.75, 3.05) is 11.4 Å². The summed E-state index contributed by atoms with van der Waals surface area (Å²) in [6, 6.07) is 18.8. The van der Waals surface area contributed by atoms with Crippen molar-refractivity contribution in [2.45, 2.75) is 18.6 Å². The molecule has 0 bridgehead atoms. The molecule has 0 aliphatic carbocycles. The molecule has 1 fully saturated rings. The highest BCUT2D eigenvalue weighted by atomic mass is 19.4. The Bertz CT molecular complexity index is 1060. The largest absolute Gasteiger partial charge is 0.416 e. The summed E-state index contributed by atoms with van der Waals surface area (Å²) in [5, 5.41) is 2.96. The van der Waals surface area contributed by atoms with Crippen LogP contribution < -0.4 is 10.2 Å². The first-order valence-corrected chi connectivity index (χ1v) is 10.1. The summed E-state index contributed by atoms with van der Waals surface area (Å²) in [7, 11) is 0. The number of carbonyl (C=O) groups is 2. The number of nitrogens with one attached hydrogen (secondary N) is 1. The molecule has 0 radical (unpaired) electrons. The lowest BCUT2D eigenvalue weighted by Gasteiger charge is -2.21. The predicted octanol–water partition coefficient (Wildman–Crippen LogP) is 4.36. The molecule has 3 aromatic rings. The van der Waals surface area contributed by atoms with Crippen molar-refractivity contribution in [2.24, 2.45) is 5.92 Å². The third-order valence-electron chi connectivity index (χ3n) is 5.38. The van der Waals surface area contributed by atoms with Crippen LogP contribution >= 0.6 is 0 Å². The van der Waals surface area contributed by atoms with Gasteiger partial charge in [-0.1, -0.05) is 42.5 Å². The minimum atomic E-state index is -4.51. The van der Waals surface area contributed by atoms with Gasteiger partial charge in [0.1, 0.15) is 0 Å². The SMILES string of the molecule is O=C(NC(c1ccccc1)c1ccccn1)C1CC(=O)N(c2cccc(C(F)(F)F)c2)C1. The number of benzene rings is 2. The molecule has 0 spiro atoms. The zero-order chi connectivity index (χ0) is 22.7. The van der Waals surface area contributed by atoms with Gasteiger partial charge in [0, 0.05) is 24.8 Å². The van der Waals surface area contributed by atoms with E-state index in [-0.39, 0.29) is 24.6 Å². The van der Waals surface area contributed by atoms with Gasteiger partial charge >= 0.3 is 6.18 Å². The second-order valence-corrected chi connectivity index (χ2v) is 7.56. The Morgan fingerprint density at radius 2 is 1.78 bits per heavy atom. The lowest BCUT2D eigenvalue weighted by Crippen LogP contribution is -2.36. The van der Waals surface area contributed by atoms with E-state index in [4.69, 9.17) is 0 Å². The molecule has 164 valence electrons. The van der Waals surface area contributed by atoms with Crippen molar-refractivity contribution in [3.63, 3.8) is 0 Å². The number of hydrogen-bond acceptors (Lipinski definition) is 3. The van der Waals surface area contributed by atoms with Gasteiger partial charge in [0.15, 0.2) is 0 Å². The summed E-state index contributed by atoms with van der Waals surface area (Å²) >= 11 is 0. The molecule has 1 aliphatic rings. The number of nitrogens with zero attached hydrogens (tertiary/aromatic N) is 2. The van der Waals surface area contributed by atoms with Crippen molar-refractivity contribution in [1.29, 1.82) is 0 Å². The van der Waals surface area contributed by atoms with E-state index < -0.39 is 29.6 Å². The average Bonchev–Trinajstić information content (AvgIpc) is 3.20. The molecule has 2 unspecified atom stereocenters. The second kappa shape index (κ2) is 8.82. The van der Waals surface area contributed by atoms with Crippen LogP contribution in [0.2, 0.25) is 0 Å². The lowest BCUT2D eigenvalue weighted by molar-refractivity contribution is -0.137. The molecule has 2 heterocycles. The molecular weight excluding hydrogens is 419 g/mol. The molecular formula is C24H20F3N3O2. The van der Waals surface area contributed by atoms with Crippen LogP contribution in [0.15, 0.2) is 79.0 Å². The Hall–Kier alpha value is -3.68. The van der Waals surface area contributed by atoms with E-state index in [9.17, 15) is 22.8 Å². The van der Waals surface area contributed by atoms with Gasteiger partial charge in [-0.25, -0.2) is 0 Å². The number of halogens is 3. The Labute approximate surface area is 182 Å². The maximum Gasteiger partial charge on any atom is 0.416 e. The predicted molar refractivity (Wildman–Crippen MR) is 113 cm³/mol. The average molecular weight is 439 g/mol. The van der Waals surface area contributed by atoms with Crippen LogP contribution in [0.1, 0.15) is 29.3 Å². The van der Waals surface area contributed by atoms with E-state index in [1.165, 1.54) is 17.0 Å². The topological polar surface area (TPSA) is 62.3 Å². The first-order chi connectivity index (χ1) is 15.3. The van der Waals surface area contributed by atoms with Crippen LogP contribution in [-0.2, 0) is 15.8 Å². The van der Waals surface area contributed by atoms with Gasteiger partial charge in [0.25, 0.3) is 0 Å². The summed E-state index contributed by atoms with van der Waals surface area (Å²) in [4.78, 5) is 31.2. The second-order valence-electron chi connectivity index (χ2n) is 7.56. The molecule has 2 atom stereocenters. The molecule has 1 saturated heterocycles. The Kier molecular flexibility index (Phi) is 5.94. The monoisotopic (exact) mass is 439 g/mol. The molecule has 2 amide bonds. The summed E-state index contributed by atoms with van der Waals surface area (Å²) in [6.07, 6.45) is -2.96. The fraction of sp³-hybridized carbons (Fsp3) is 0.208. The zero-order valence-electron chi connectivity index (χ0n) is 16.9. The van der Waals surface area contributed by atoms with Gasteiger partial charge in [0.05, 0.1) is 23.2 Å². The van der Waals surface area contributed by atoms with Crippen LogP contribution in [0.3, 0.4) is 0 Å². The van der Waals surface area contributed by atoms with E-state index in [0.717, 1.165) is 17.7 Å².